The summed E-state index contributed by atoms with van der Waals surface area (Å²) in [6.07, 6.45) is 0. The first kappa shape index (κ1) is 15.0. The van der Waals surface area contributed by atoms with E-state index in [1.807, 2.05) is 17.5 Å². The number of halogens is 1. The molecule has 0 fully saturated rings. The van der Waals surface area contributed by atoms with Crippen molar-refractivity contribution < 1.29 is 10.0 Å². The number of hydrogen-bond donors (Lipinski definition) is 2. The lowest BCUT2D eigenvalue weighted by Crippen LogP contribution is -2.29. The number of nitrogens with one attached hydrogen (secondary N) is 1. The minimum absolute atomic E-state index is 0.0184. The Morgan fingerprint density at radius 3 is 2.85 bits per heavy atom. The molecule has 5 nitrogen and oxygen atoms in total. The van der Waals surface area contributed by atoms with Crippen molar-refractivity contribution in [2.24, 2.45) is 0 Å². The highest BCUT2D eigenvalue weighted by Crippen LogP contribution is 2.30. The predicted octanol–water partition coefficient (Wildman–Crippen LogP) is 3.74. The van der Waals surface area contributed by atoms with Crippen molar-refractivity contribution in [1.82, 2.24) is 0 Å². The summed E-state index contributed by atoms with van der Waals surface area (Å²) in [5.74, 6) is 0. The Morgan fingerprint density at radius 1 is 1.50 bits per heavy atom. The van der Waals surface area contributed by atoms with Gasteiger partial charge in [-0.3, -0.25) is 10.1 Å². The van der Waals surface area contributed by atoms with Gasteiger partial charge in [0, 0.05) is 22.0 Å². The third-order valence-corrected chi connectivity index (χ3v) is 4.45. The Kier molecular flexibility index (Phi) is 4.42. The number of benzene rings is 1. The molecule has 20 heavy (non-hydrogen) atoms. The maximum absolute atomic E-state index is 11.0. The number of aliphatic hydroxyl groups is 1. The van der Waals surface area contributed by atoms with Crippen LogP contribution in [-0.4, -0.2) is 16.6 Å². The van der Waals surface area contributed by atoms with Crippen LogP contribution in [0.5, 0.6) is 0 Å². The van der Waals surface area contributed by atoms with Crippen LogP contribution >= 0.6 is 27.3 Å². The highest BCUT2D eigenvalue weighted by molar-refractivity contribution is 9.10. The van der Waals surface area contributed by atoms with E-state index in [9.17, 15) is 15.2 Å². The van der Waals surface area contributed by atoms with E-state index >= 15 is 0 Å². The van der Waals surface area contributed by atoms with Gasteiger partial charge in [0.1, 0.15) is 11.3 Å². The second-order valence-electron chi connectivity index (χ2n) is 4.52. The van der Waals surface area contributed by atoms with E-state index in [1.165, 1.54) is 17.4 Å². The minimum atomic E-state index is -1.08. The van der Waals surface area contributed by atoms with Gasteiger partial charge in [-0.25, -0.2) is 0 Å². The van der Waals surface area contributed by atoms with Gasteiger partial charge >= 0.3 is 0 Å². The first-order chi connectivity index (χ1) is 9.40. The molecule has 0 aliphatic carbocycles. The molecule has 0 radical (unpaired) electrons. The summed E-state index contributed by atoms with van der Waals surface area (Å²) in [5.41, 5.74) is -0.721. The average molecular weight is 357 g/mol. The number of nitro groups is 1. The fraction of sp³-hybridized carbons (Fsp3) is 0.231. The number of nitrogens with zero attached hydrogens (tertiary/aromatic N) is 1. The van der Waals surface area contributed by atoms with Crippen LogP contribution in [0.3, 0.4) is 0 Å². The number of anilines is 1. The molecule has 0 aliphatic heterocycles. The van der Waals surface area contributed by atoms with Gasteiger partial charge < -0.3 is 10.4 Å². The van der Waals surface area contributed by atoms with Crippen LogP contribution in [0.25, 0.3) is 0 Å². The lowest BCUT2D eigenvalue weighted by Gasteiger charge is -2.23. The zero-order valence-electron chi connectivity index (χ0n) is 10.7. The Labute approximate surface area is 128 Å². The normalized spacial score (nSPS) is 13.8. The fourth-order valence-corrected chi connectivity index (χ4v) is 2.90. The molecule has 2 N–H and O–H groups in total. The third kappa shape index (κ3) is 3.36. The Hall–Kier alpha value is -1.44. The van der Waals surface area contributed by atoms with E-state index in [0.29, 0.717) is 5.69 Å². The van der Waals surface area contributed by atoms with E-state index in [2.05, 4.69) is 21.2 Å². The van der Waals surface area contributed by atoms with Crippen LogP contribution in [0.4, 0.5) is 11.4 Å². The molecule has 0 saturated heterocycles. The number of hydrogen-bond acceptors (Lipinski definition) is 5. The molecule has 7 heteroatoms. The SMILES string of the molecule is CC(O)(CNc1cc(Br)ccc1[N+](=O)[O-])c1cccs1. The summed E-state index contributed by atoms with van der Waals surface area (Å²) in [5, 5.41) is 26.2. The van der Waals surface area contributed by atoms with Gasteiger partial charge in [-0.15, -0.1) is 11.3 Å². The molecule has 106 valence electrons. The van der Waals surface area contributed by atoms with E-state index in [-0.39, 0.29) is 12.2 Å². The van der Waals surface area contributed by atoms with E-state index in [0.717, 1.165) is 9.35 Å². The van der Waals surface area contributed by atoms with Crippen molar-refractivity contribution in [3.05, 3.63) is 55.2 Å². The molecule has 0 bridgehead atoms. The van der Waals surface area contributed by atoms with Gasteiger partial charge in [0.2, 0.25) is 0 Å². The topological polar surface area (TPSA) is 75.4 Å². The molecule has 1 unspecified atom stereocenters. The predicted molar refractivity (Wildman–Crippen MR) is 83.2 cm³/mol. The highest BCUT2D eigenvalue weighted by Gasteiger charge is 2.25. The Bertz CT molecular complexity index is 614. The van der Waals surface area contributed by atoms with Crippen LogP contribution in [0.1, 0.15) is 11.8 Å². The third-order valence-electron chi connectivity index (χ3n) is 2.83. The lowest BCUT2D eigenvalue weighted by molar-refractivity contribution is -0.384. The van der Waals surface area contributed by atoms with Crippen molar-refractivity contribution in [1.29, 1.82) is 0 Å². The summed E-state index contributed by atoms with van der Waals surface area (Å²) in [4.78, 5) is 11.3. The number of nitro benzene ring substituents is 1. The summed E-state index contributed by atoms with van der Waals surface area (Å²) in [6, 6.07) is 8.35. The van der Waals surface area contributed by atoms with Crippen LogP contribution in [0.15, 0.2) is 40.2 Å². The first-order valence-corrected chi connectivity index (χ1v) is 7.51. The fourth-order valence-electron chi connectivity index (χ4n) is 1.75. The molecule has 1 aromatic heterocycles. The summed E-state index contributed by atoms with van der Waals surface area (Å²) < 4.78 is 0.737. The van der Waals surface area contributed by atoms with Gasteiger partial charge in [0.05, 0.1) is 4.92 Å². The standard InChI is InChI=1S/C13H13BrN2O3S/c1-13(17,12-3-2-6-20-12)8-15-10-7-9(14)4-5-11(10)16(18)19/h2-7,15,17H,8H2,1H3. The molecular weight excluding hydrogens is 344 g/mol. The summed E-state index contributed by atoms with van der Waals surface area (Å²) in [6.45, 7) is 1.86. The van der Waals surface area contributed by atoms with Crippen molar-refractivity contribution >= 4 is 38.6 Å². The lowest BCUT2D eigenvalue weighted by atomic mass is 10.1. The second kappa shape index (κ2) is 5.90. The van der Waals surface area contributed by atoms with Crippen molar-refractivity contribution in [2.45, 2.75) is 12.5 Å². The van der Waals surface area contributed by atoms with Crippen LogP contribution in [0, 0.1) is 10.1 Å². The molecule has 2 aromatic rings. The van der Waals surface area contributed by atoms with Crippen molar-refractivity contribution in [3.8, 4) is 0 Å². The largest absolute Gasteiger partial charge is 0.383 e. The van der Waals surface area contributed by atoms with Gasteiger partial charge in [-0.2, -0.15) is 0 Å². The first-order valence-electron chi connectivity index (χ1n) is 5.84. The maximum Gasteiger partial charge on any atom is 0.292 e. The molecule has 0 spiro atoms. The molecule has 1 aromatic carbocycles. The van der Waals surface area contributed by atoms with E-state index < -0.39 is 10.5 Å². The maximum atomic E-state index is 11.0. The second-order valence-corrected chi connectivity index (χ2v) is 6.39. The quantitative estimate of drug-likeness (QED) is 0.631. The smallest absolute Gasteiger partial charge is 0.292 e. The molecule has 1 atom stereocenters. The van der Waals surface area contributed by atoms with Crippen LogP contribution in [-0.2, 0) is 5.60 Å². The molecule has 0 amide bonds. The van der Waals surface area contributed by atoms with Gasteiger partial charge in [-0.1, -0.05) is 22.0 Å². The minimum Gasteiger partial charge on any atom is -0.383 e. The van der Waals surface area contributed by atoms with Gasteiger partial charge in [0.15, 0.2) is 0 Å². The summed E-state index contributed by atoms with van der Waals surface area (Å²) >= 11 is 4.73. The number of thiophene rings is 1. The average Bonchev–Trinajstić information content (AvgIpc) is 2.90. The van der Waals surface area contributed by atoms with Crippen LogP contribution < -0.4 is 5.32 Å². The molecule has 0 saturated carbocycles. The highest BCUT2D eigenvalue weighted by atomic mass is 79.9. The van der Waals surface area contributed by atoms with Crippen LogP contribution in [0.2, 0.25) is 0 Å². The molecule has 0 aliphatic rings. The zero-order chi connectivity index (χ0) is 14.8. The number of rotatable bonds is 5. The molecular formula is C13H13BrN2O3S. The molecule has 2 rings (SSSR count). The van der Waals surface area contributed by atoms with E-state index in [1.54, 1.807) is 19.1 Å². The molecule has 1 heterocycles. The van der Waals surface area contributed by atoms with Gasteiger partial charge in [-0.05, 0) is 30.5 Å². The van der Waals surface area contributed by atoms with Gasteiger partial charge in [0.25, 0.3) is 5.69 Å². The summed E-state index contributed by atoms with van der Waals surface area (Å²) in [7, 11) is 0. The Balaban J connectivity index is 2.19. The monoisotopic (exact) mass is 356 g/mol. The zero-order valence-corrected chi connectivity index (χ0v) is 13.1. The van der Waals surface area contributed by atoms with Crippen molar-refractivity contribution in [3.63, 3.8) is 0 Å². The van der Waals surface area contributed by atoms with E-state index in [4.69, 9.17) is 0 Å². The van der Waals surface area contributed by atoms with Crippen molar-refractivity contribution in [2.75, 3.05) is 11.9 Å². The Morgan fingerprint density at radius 2 is 2.25 bits per heavy atom.